The minimum absolute atomic E-state index is 0.0681. The number of nitrogens with zero attached hydrogens (tertiary/aromatic N) is 1. The highest BCUT2D eigenvalue weighted by molar-refractivity contribution is 9.10. The van der Waals surface area contributed by atoms with Gasteiger partial charge in [-0.3, -0.25) is 10.1 Å². The van der Waals surface area contributed by atoms with Gasteiger partial charge >= 0.3 is 0 Å². The summed E-state index contributed by atoms with van der Waals surface area (Å²) in [6.07, 6.45) is 1.93. The molecule has 0 fully saturated rings. The second kappa shape index (κ2) is 7.84. The average molecular weight is 349 g/mol. The fourth-order valence-electron chi connectivity index (χ4n) is 1.71. The van der Waals surface area contributed by atoms with Crippen LogP contribution < -0.4 is 5.32 Å². The number of hydrogen-bond acceptors (Lipinski definition) is 5. The van der Waals surface area contributed by atoms with Crippen molar-refractivity contribution in [3.05, 3.63) is 38.3 Å². The van der Waals surface area contributed by atoms with Crippen LogP contribution in [0, 0.1) is 10.1 Å². The maximum Gasteiger partial charge on any atom is 0.273 e. The lowest BCUT2D eigenvalue weighted by atomic mass is 10.1. The van der Waals surface area contributed by atoms with Gasteiger partial charge in [-0.1, -0.05) is 15.9 Å². The Morgan fingerprint density at radius 1 is 1.58 bits per heavy atom. The van der Waals surface area contributed by atoms with Crippen LogP contribution in [0.1, 0.15) is 12.5 Å². The number of aliphatic hydroxyl groups excluding tert-OH is 1. The topological polar surface area (TPSA) is 75.4 Å². The van der Waals surface area contributed by atoms with Gasteiger partial charge in [0, 0.05) is 33.9 Å². The van der Waals surface area contributed by atoms with E-state index in [1.165, 1.54) is 6.07 Å². The molecule has 0 spiro atoms. The molecule has 0 saturated heterocycles. The number of rotatable bonds is 7. The van der Waals surface area contributed by atoms with E-state index in [1.807, 2.05) is 13.2 Å². The molecule has 19 heavy (non-hydrogen) atoms. The van der Waals surface area contributed by atoms with Gasteiger partial charge in [0.1, 0.15) is 0 Å². The van der Waals surface area contributed by atoms with Gasteiger partial charge < -0.3 is 10.4 Å². The van der Waals surface area contributed by atoms with Crippen molar-refractivity contribution in [3.63, 3.8) is 0 Å². The van der Waals surface area contributed by atoms with E-state index in [2.05, 4.69) is 21.2 Å². The van der Waals surface area contributed by atoms with Gasteiger partial charge in [0.25, 0.3) is 5.69 Å². The highest BCUT2D eigenvalue weighted by Gasteiger charge is 2.18. The number of nitro groups is 1. The molecule has 0 bridgehead atoms. The highest BCUT2D eigenvalue weighted by atomic mass is 79.9. The molecule has 1 rings (SSSR count). The van der Waals surface area contributed by atoms with Gasteiger partial charge in [0.05, 0.1) is 11.5 Å². The number of nitro benzene ring substituents is 1. The van der Waals surface area contributed by atoms with Gasteiger partial charge in [0.15, 0.2) is 0 Å². The molecule has 0 aromatic heterocycles. The summed E-state index contributed by atoms with van der Waals surface area (Å²) in [5, 5.41) is 23.4. The first-order chi connectivity index (χ1) is 8.99. The second-order valence-electron chi connectivity index (χ2n) is 4.16. The summed E-state index contributed by atoms with van der Waals surface area (Å²) in [6.45, 7) is 2.44. The molecule has 0 aliphatic rings. The fraction of sp³-hybridized carbons (Fsp3) is 0.500. The monoisotopic (exact) mass is 348 g/mol. The van der Waals surface area contributed by atoms with Crippen LogP contribution in [0.2, 0.25) is 0 Å². The summed E-state index contributed by atoms with van der Waals surface area (Å²) in [5.74, 6) is 0. The number of benzene rings is 1. The molecule has 1 aromatic carbocycles. The van der Waals surface area contributed by atoms with E-state index in [9.17, 15) is 15.2 Å². The van der Waals surface area contributed by atoms with E-state index in [4.69, 9.17) is 0 Å². The van der Waals surface area contributed by atoms with Crippen LogP contribution in [0.3, 0.4) is 0 Å². The van der Waals surface area contributed by atoms with Crippen molar-refractivity contribution in [2.75, 3.05) is 12.9 Å². The predicted octanol–water partition coefficient (Wildman–Crippen LogP) is 2.56. The van der Waals surface area contributed by atoms with Crippen LogP contribution in [0.4, 0.5) is 5.69 Å². The Balaban J connectivity index is 2.76. The summed E-state index contributed by atoms with van der Waals surface area (Å²) < 4.78 is 0.811. The molecule has 0 heterocycles. The maximum absolute atomic E-state index is 10.9. The normalized spacial score (nSPS) is 14.1. The smallest absolute Gasteiger partial charge is 0.273 e. The third-order valence-electron chi connectivity index (χ3n) is 2.89. The molecular weight excluding hydrogens is 332 g/mol. The van der Waals surface area contributed by atoms with Crippen LogP contribution in [-0.4, -0.2) is 34.2 Å². The number of aliphatic hydroxyl groups is 1. The molecule has 0 amide bonds. The van der Waals surface area contributed by atoms with E-state index in [-0.39, 0.29) is 28.5 Å². The van der Waals surface area contributed by atoms with Crippen LogP contribution >= 0.6 is 27.7 Å². The van der Waals surface area contributed by atoms with E-state index in [0.29, 0.717) is 12.1 Å². The summed E-state index contributed by atoms with van der Waals surface area (Å²) >= 11 is 4.89. The lowest BCUT2D eigenvalue weighted by Gasteiger charge is -2.21. The number of nitrogens with one attached hydrogen (secondary N) is 1. The highest BCUT2D eigenvalue weighted by Crippen LogP contribution is 2.23. The SMILES string of the molecule is CSC(CO)C(C)NCc1cc(Br)ccc1[N+](=O)[O-]. The quantitative estimate of drug-likeness (QED) is 0.585. The van der Waals surface area contributed by atoms with Crippen molar-refractivity contribution in [1.29, 1.82) is 0 Å². The molecule has 5 nitrogen and oxygen atoms in total. The van der Waals surface area contributed by atoms with Crippen molar-refractivity contribution in [2.24, 2.45) is 0 Å². The first-order valence-electron chi connectivity index (χ1n) is 5.79. The molecule has 0 radical (unpaired) electrons. The van der Waals surface area contributed by atoms with Gasteiger partial charge in [-0.2, -0.15) is 11.8 Å². The van der Waals surface area contributed by atoms with Crippen LogP contribution in [-0.2, 0) is 6.54 Å². The van der Waals surface area contributed by atoms with Crippen LogP contribution in [0.5, 0.6) is 0 Å². The van der Waals surface area contributed by atoms with Crippen molar-refractivity contribution in [3.8, 4) is 0 Å². The van der Waals surface area contributed by atoms with Crippen molar-refractivity contribution < 1.29 is 10.0 Å². The summed E-state index contributed by atoms with van der Waals surface area (Å²) in [5.41, 5.74) is 0.733. The standard InChI is InChI=1S/C12H17BrN2O3S/c1-8(12(7-16)19-2)14-6-9-5-10(13)3-4-11(9)15(17)18/h3-5,8,12,14,16H,6-7H2,1-2H3. The van der Waals surface area contributed by atoms with Gasteiger partial charge in [-0.15, -0.1) is 0 Å². The molecule has 0 saturated carbocycles. The Hall–Kier alpha value is -0.630. The van der Waals surface area contributed by atoms with Crippen LogP contribution in [0.15, 0.2) is 22.7 Å². The third-order valence-corrected chi connectivity index (χ3v) is 4.55. The molecule has 2 unspecified atom stereocenters. The number of halogens is 1. The summed E-state index contributed by atoms with van der Waals surface area (Å²) in [4.78, 5) is 10.6. The molecule has 106 valence electrons. The van der Waals surface area contributed by atoms with E-state index < -0.39 is 0 Å². The fourth-order valence-corrected chi connectivity index (χ4v) is 2.77. The zero-order chi connectivity index (χ0) is 14.4. The van der Waals surface area contributed by atoms with Gasteiger partial charge in [0.2, 0.25) is 0 Å². The average Bonchev–Trinajstić information content (AvgIpc) is 2.37. The third kappa shape index (κ3) is 4.76. The molecule has 1 aromatic rings. The van der Waals surface area contributed by atoms with Gasteiger partial charge in [-0.25, -0.2) is 0 Å². The van der Waals surface area contributed by atoms with E-state index in [1.54, 1.807) is 23.9 Å². The zero-order valence-electron chi connectivity index (χ0n) is 10.8. The second-order valence-corrected chi connectivity index (χ2v) is 6.15. The molecule has 0 aliphatic carbocycles. The molecule has 0 aliphatic heterocycles. The first kappa shape index (κ1) is 16.4. The minimum Gasteiger partial charge on any atom is -0.395 e. The summed E-state index contributed by atoms with van der Waals surface area (Å²) in [7, 11) is 0. The maximum atomic E-state index is 10.9. The Bertz CT molecular complexity index is 441. The van der Waals surface area contributed by atoms with Crippen LogP contribution in [0.25, 0.3) is 0 Å². The number of thioether (sulfide) groups is 1. The van der Waals surface area contributed by atoms with Crippen molar-refractivity contribution >= 4 is 33.4 Å². The minimum atomic E-state index is -0.383. The predicted molar refractivity (Wildman–Crippen MR) is 81.5 cm³/mol. The van der Waals surface area contributed by atoms with Crippen molar-refractivity contribution in [2.45, 2.75) is 24.8 Å². The van der Waals surface area contributed by atoms with E-state index in [0.717, 1.165) is 4.47 Å². The molecule has 2 atom stereocenters. The molecule has 2 N–H and O–H groups in total. The Labute approximate surface area is 125 Å². The largest absolute Gasteiger partial charge is 0.395 e. The van der Waals surface area contributed by atoms with Crippen molar-refractivity contribution in [1.82, 2.24) is 5.32 Å². The Morgan fingerprint density at radius 3 is 2.79 bits per heavy atom. The van der Waals surface area contributed by atoms with Gasteiger partial charge in [-0.05, 0) is 25.3 Å². The lowest BCUT2D eigenvalue weighted by Crippen LogP contribution is -2.37. The Kier molecular flexibility index (Phi) is 6.78. The molecule has 7 heteroatoms. The lowest BCUT2D eigenvalue weighted by molar-refractivity contribution is -0.385. The summed E-state index contributed by atoms with van der Waals surface area (Å²) in [6, 6.07) is 4.96. The Morgan fingerprint density at radius 2 is 2.26 bits per heavy atom. The molecular formula is C12H17BrN2O3S. The number of hydrogen-bond donors (Lipinski definition) is 2. The zero-order valence-corrected chi connectivity index (χ0v) is 13.2. The van der Waals surface area contributed by atoms with E-state index >= 15 is 0 Å². The first-order valence-corrected chi connectivity index (χ1v) is 7.87.